The Balaban J connectivity index is 0.000000446. The molecule has 0 aliphatic carbocycles. The largest absolute Gasteiger partial charge is 0.478 e. The molecule has 0 aliphatic rings. The molecular formula is C41H54Br3F4NO10P10S. The minimum Gasteiger partial charge on any atom is -0.478 e. The van der Waals surface area contributed by atoms with Crippen molar-refractivity contribution in [3.63, 3.8) is 0 Å². The van der Waals surface area contributed by atoms with E-state index in [1.165, 1.54) is 6.07 Å². The molecule has 0 bridgehead atoms. The van der Waals surface area contributed by atoms with Gasteiger partial charge in [-0.1, -0.05) is 96.3 Å². The third kappa shape index (κ3) is 25.7. The number of amides is 1. The van der Waals surface area contributed by atoms with Gasteiger partial charge in [0.15, 0.2) is 15.6 Å². The highest BCUT2D eigenvalue weighted by atomic mass is 79.9. The smallest absolute Gasteiger partial charge is 0.449 e. The van der Waals surface area contributed by atoms with Gasteiger partial charge in [0.05, 0.1) is 29.0 Å². The third-order valence-corrected chi connectivity index (χ3v) is 60.8. The number of ether oxygens (including phenoxy) is 2. The molecule has 1 amide bonds. The van der Waals surface area contributed by atoms with Gasteiger partial charge in [0.25, 0.3) is 0 Å². The molecule has 29 heteroatoms. The van der Waals surface area contributed by atoms with E-state index in [1.54, 1.807) is 6.92 Å². The number of sulfone groups is 1. The van der Waals surface area contributed by atoms with Crippen LogP contribution in [0.2, 0.25) is 0 Å². The van der Waals surface area contributed by atoms with Gasteiger partial charge in [-0.25, -0.2) is 22.4 Å². The number of aromatic carboxylic acids is 1. The quantitative estimate of drug-likeness (QED) is 0.0473. The van der Waals surface area contributed by atoms with Crippen LogP contribution in [0.3, 0.4) is 0 Å². The Morgan fingerprint density at radius 1 is 0.843 bits per heavy atom. The number of rotatable bonds is 12. The summed E-state index contributed by atoms with van der Waals surface area (Å²) in [6.07, 6.45) is -4.77. The molecule has 3 N–H and O–H groups in total. The maximum atomic E-state index is 13.6. The van der Waals surface area contributed by atoms with Crippen LogP contribution in [0.4, 0.5) is 22.4 Å². The first-order valence-electron chi connectivity index (χ1n) is 19.7. The summed E-state index contributed by atoms with van der Waals surface area (Å²) in [5.41, 5.74) is 1.42. The van der Waals surface area contributed by atoms with Crippen molar-refractivity contribution in [3.8, 4) is 0 Å². The molecule has 5 rings (SSSR count). The molecule has 0 saturated heterocycles. The molecule has 0 spiro atoms. The van der Waals surface area contributed by atoms with Crippen molar-refractivity contribution in [3.05, 3.63) is 133 Å². The third-order valence-electron chi connectivity index (χ3n) is 8.02. The number of carboxylic acids is 1. The minimum absolute atomic E-state index is 0.0497. The molecule has 6 unspecified atom stereocenters. The molecule has 4 aromatic carbocycles. The van der Waals surface area contributed by atoms with Crippen molar-refractivity contribution in [1.82, 2.24) is 5.32 Å². The fourth-order valence-electron chi connectivity index (χ4n) is 5.16. The monoisotopic (exact) mass is 1370 g/mol. The SMILES string of the molecule is CC(C)(C)OC(=O)NCc1ccc(Br)cc1.CCOC(=O)CS(=O)(=O)c1cc(Br)cc(F)c1CO.Cc1ccc2ccccc2c1C(=O)O.FC(F)(F)c1ccc(CBr)o1.PP(P)P(P(P)P)P(P)P. The fraction of sp³-hybridized carbons (Fsp3) is 0.293. The Morgan fingerprint density at radius 2 is 1.41 bits per heavy atom. The first-order chi connectivity index (χ1) is 32.4. The summed E-state index contributed by atoms with van der Waals surface area (Å²) in [5.74, 6) is -4.22. The van der Waals surface area contributed by atoms with E-state index in [9.17, 15) is 40.4 Å². The second-order valence-corrected chi connectivity index (χ2v) is 55.6. The van der Waals surface area contributed by atoms with E-state index in [0.29, 0.717) is 17.4 Å². The summed E-state index contributed by atoms with van der Waals surface area (Å²) in [4.78, 5) is 33.2. The van der Waals surface area contributed by atoms with E-state index >= 15 is 0 Å². The van der Waals surface area contributed by atoms with E-state index < -0.39 is 68.5 Å². The number of carbonyl (C=O) groups is 3. The van der Waals surface area contributed by atoms with Crippen molar-refractivity contribution in [1.29, 1.82) is 0 Å². The van der Waals surface area contributed by atoms with Crippen LogP contribution in [-0.4, -0.2) is 54.6 Å². The predicted octanol–water partition coefficient (Wildman–Crippen LogP) is 16.3. The molecule has 0 aliphatic heterocycles. The number of nitrogens with one attached hydrogen (secondary N) is 1. The normalized spacial score (nSPS) is 11.4. The number of furan rings is 1. The van der Waals surface area contributed by atoms with Gasteiger partial charge >= 0.3 is 24.2 Å². The van der Waals surface area contributed by atoms with E-state index in [-0.39, 0.29) is 50.4 Å². The summed E-state index contributed by atoms with van der Waals surface area (Å²) < 4.78 is 88.4. The second kappa shape index (κ2) is 33.2. The number of fused-ring (bicyclic) bond motifs is 1. The van der Waals surface area contributed by atoms with Gasteiger partial charge < -0.3 is 29.4 Å². The first kappa shape index (κ1) is 68.0. The highest BCUT2D eigenvalue weighted by Crippen LogP contribution is 3.10. The zero-order valence-electron chi connectivity index (χ0n) is 38.1. The molecule has 0 fully saturated rings. The van der Waals surface area contributed by atoms with Crippen LogP contribution in [0.5, 0.6) is 0 Å². The lowest BCUT2D eigenvalue weighted by Crippen LogP contribution is -2.32. The Morgan fingerprint density at radius 3 is 1.86 bits per heavy atom. The fourth-order valence-corrected chi connectivity index (χ4v) is 94.3. The average molecular weight is 1380 g/mol. The van der Waals surface area contributed by atoms with E-state index in [4.69, 9.17) is 14.9 Å². The molecule has 388 valence electrons. The van der Waals surface area contributed by atoms with Gasteiger partial charge in [0.2, 0.25) is 5.76 Å². The highest BCUT2D eigenvalue weighted by molar-refractivity contribution is 9.16. The summed E-state index contributed by atoms with van der Waals surface area (Å²) in [6, 6.07) is 23.4. The summed E-state index contributed by atoms with van der Waals surface area (Å²) in [5, 5.41) is 22.9. The van der Waals surface area contributed by atoms with Crippen LogP contribution in [0.1, 0.15) is 66.3 Å². The highest BCUT2D eigenvalue weighted by Gasteiger charge is 2.34. The van der Waals surface area contributed by atoms with Gasteiger partial charge in [0, 0.05) is 21.1 Å². The number of alkyl halides is 4. The van der Waals surface area contributed by atoms with Crippen LogP contribution >= 0.6 is 129 Å². The standard InChI is InChI=1S/C12H16BrNO2.C12H10O2.C11H12BrFO5S.C6H4BrF3O.H12P10/c1-12(2,3)16-11(15)14-8-9-4-6-10(13)7-5-9;1-8-6-7-9-4-2-3-5-10(9)11(8)12(13)14;1-2-18-11(15)6-19(16,17)10-4-7(12)3-9(13)8(10)5-14;7-3-4-1-2-5(11-4)6(8,9)10;1-7(2)10(8(3)4)9(5)6/h4-7H,8H2,1-3H3,(H,14,15);2-7H,1H3,(H,13,14);3-4,14H,2,5-6H2,1H3;1-2H,3H2;1-6H2. The first-order valence-corrected chi connectivity index (χ1v) is 41.2. The van der Waals surface area contributed by atoms with Crippen LogP contribution in [0.15, 0.2) is 103 Å². The molecule has 5 aromatic rings. The molecule has 1 aromatic heterocycles. The number of aryl methyl sites for hydroxylation is 1. The van der Waals surface area contributed by atoms with E-state index in [2.05, 4.69) is 116 Å². The zero-order valence-corrected chi connectivity index (χ0v) is 54.2. The topological polar surface area (TPSA) is 169 Å². The maximum absolute atomic E-state index is 13.6. The second-order valence-electron chi connectivity index (χ2n) is 14.7. The van der Waals surface area contributed by atoms with E-state index in [1.807, 2.05) is 88.4 Å². The van der Waals surface area contributed by atoms with Crippen molar-refractivity contribution in [2.75, 3.05) is 12.4 Å². The Kier molecular flexibility index (Phi) is 32.3. The van der Waals surface area contributed by atoms with Crippen LogP contribution < -0.4 is 5.32 Å². The van der Waals surface area contributed by atoms with Gasteiger partial charge in [-0.05, 0) is 121 Å². The molecule has 0 saturated carbocycles. The maximum Gasteiger partial charge on any atom is 0.449 e. The van der Waals surface area contributed by atoms with Crippen LogP contribution in [-0.2, 0) is 48.8 Å². The lowest BCUT2D eigenvalue weighted by molar-refractivity contribution is -0.153. The van der Waals surface area contributed by atoms with Crippen molar-refractivity contribution in [2.45, 2.75) is 69.8 Å². The lowest BCUT2D eigenvalue weighted by Gasteiger charge is -2.27. The zero-order chi connectivity index (χ0) is 53.7. The summed E-state index contributed by atoms with van der Waals surface area (Å²) in [6.45, 7) is 9.24. The molecular weight excluding hydrogens is 1320 g/mol. The number of carbonyl (C=O) groups excluding carboxylic acids is 2. The number of hydrogen-bond donors (Lipinski definition) is 3. The molecule has 70 heavy (non-hydrogen) atoms. The van der Waals surface area contributed by atoms with Crippen molar-refractivity contribution in [2.24, 2.45) is 0 Å². The van der Waals surface area contributed by atoms with Gasteiger partial charge in [-0.2, -0.15) is 13.2 Å². The number of carboxylic acid groups (broad SMARTS) is 1. The molecule has 0 radical (unpaired) electrons. The van der Waals surface area contributed by atoms with Gasteiger partial charge in [-0.15, -0.1) is 53.6 Å². The van der Waals surface area contributed by atoms with Gasteiger partial charge in [-0.3, -0.25) is 4.79 Å². The molecule has 11 nitrogen and oxygen atoms in total. The van der Waals surface area contributed by atoms with Crippen LogP contribution in [0, 0.1) is 12.7 Å². The number of alkyl carbamates (subject to hydrolysis) is 1. The number of aliphatic hydroxyl groups excluding tert-OH is 1. The molecule has 6 atom stereocenters. The van der Waals surface area contributed by atoms with Gasteiger partial charge in [0.1, 0.15) is 17.2 Å². The molecule has 1 heterocycles. The van der Waals surface area contributed by atoms with Crippen molar-refractivity contribution >= 4 is 168 Å². The number of esters is 1. The summed E-state index contributed by atoms with van der Waals surface area (Å²) in [7, 11) is 13.6. The lowest BCUT2D eigenvalue weighted by atomic mass is 10.00. The van der Waals surface area contributed by atoms with E-state index in [0.717, 1.165) is 44.6 Å². The number of benzene rings is 4. The number of hydrogen-bond acceptors (Lipinski definition) is 9. The number of halogens is 7. The average Bonchev–Trinajstić information content (AvgIpc) is 3.74. The minimum atomic E-state index is -4.37. The Hall–Kier alpha value is 0.00000000000000255. The predicted molar refractivity (Wildman–Crippen MR) is 314 cm³/mol. The van der Waals surface area contributed by atoms with Crippen LogP contribution in [0.25, 0.3) is 10.8 Å². The Labute approximate surface area is 449 Å². The van der Waals surface area contributed by atoms with Crippen molar-refractivity contribution < 1.29 is 64.5 Å². The Bertz CT molecular complexity index is 2560. The summed E-state index contributed by atoms with van der Waals surface area (Å²) >= 11 is 9.29. The number of aliphatic hydroxyl groups is 1.